The van der Waals surface area contributed by atoms with Gasteiger partial charge in [0, 0.05) is 17.3 Å². The van der Waals surface area contributed by atoms with Crippen molar-refractivity contribution in [3.8, 4) is 0 Å². The highest BCUT2D eigenvalue weighted by Gasteiger charge is 2.40. The number of benzene rings is 2. The van der Waals surface area contributed by atoms with E-state index in [2.05, 4.69) is 44.3 Å². The molecular formula is C23H26N2O. The van der Waals surface area contributed by atoms with E-state index in [4.69, 9.17) is 0 Å². The Morgan fingerprint density at radius 3 is 2.54 bits per heavy atom. The van der Waals surface area contributed by atoms with Gasteiger partial charge in [-0.05, 0) is 56.4 Å². The third-order valence-electron chi connectivity index (χ3n) is 5.83. The Hall–Kier alpha value is -2.55. The van der Waals surface area contributed by atoms with Crippen LogP contribution in [0.1, 0.15) is 42.6 Å². The van der Waals surface area contributed by atoms with Crippen molar-refractivity contribution in [2.45, 2.75) is 39.8 Å². The lowest BCUT2D eigenvalue weighted by atomic mass is 9.79. The number of aryl methyl sites for hydroxylation is 1. The van der Waals surface area contributed by atoms with Crippen molar-refractivity contribution >= 4 is 17.3 Å². The molecule has 0 radical (unpaired) electrons. The SMILES string of the molecule is CC1=C[C@H](C)[C@H]([C@H]2Nc3ccccc3C(=O)N2c2ccccc2C)CC1. The predicted molar refractivity (Wildman–Crippen MR) is 107 cm³/mol. The summed E-state index contributed by atoms with van der Waals surface area (Å²) in [4.78, 5) is 15.5. The molecule has 0 saturated heterocycles. The molecule has 1 N–H and O–H groups in total. The molecule has 3 nitrogen and oxygen atoms in total. The van der Waals surface area contributed by atoms with Crippen molar-refractivity contribution in [2.75, 3.05) is 10.2 Å². The van der Waals surface area contributed by atoms with E-state index in [1.165, 1.54) is 5.57 Å². The number of para-hydroxylation sites is 2. The topological polar surface area (TPSA) is 32.3 Å². The summed E-state index contributed by atoms with van der Waals surface area (Å²) >= 11 is 0. The Labute approximate surface area is 155 Å². The number of carbonyl (C=O) groups excluding carboxylic acids is 1. The van der Waals surface area contributed by atoms with Crippen LogP contribution in [-0.2, 0) is 0 Å². The molecule has 2 aromatic rings. The molecule has 1 amide bonds. The normalized spacial score (nSPS) is 25.3. The lowest BCUT2D eigenvalue weighted by Crippen LogP contribution is -2.54. The smallest absolute Gasteiger partial charge is 0.262 e. The summed E-state index contributed by atoms with van der Waals surface area (Å²) in [6.07, 6.45) is 4.54. The summed E-state index contributed by atoms with van der Waals surface area (Å²) in [7, 11) is 0. The molecule has 4 rings (SSSR count). The number of nitrogens with one attached hydrogen (secondary N) is 1. The highest BCUT2D eigenvalue weighted by molar-refractivity contribution is 6.12. The first-order valence-corrected chi connectivity index (χ1v) is 9.48. The van der Waals surface area contributed by atoms with Gasteiger partial charge in [-0.2, -0.15) is 0 Å². The molecule has 0 spiro atoms. The summed E-state index contributed by atoms with van der Waals surface area (Å²) in [5, 5.41) is 3.69. The molecule has 3 atom stereocenters. The van der Waals surface area contributed by atoms with Crippen LogP contribution in [0.2, 0.25) is 0 Å². The Kier molecular flexibility index (Phi) is 4.31. The predicted octanol–water partition coefficient (Wildman–Crippen LogP) is 5.39. The van der Waals surface area contributed by atoms with Crippen molar-refractivity contribution in [2.24, 2.45) is 11.8 Å². The van der Waals surface area contributed by atoms with Gasteiger partial charge in [-0.15, -0.1) is 0 Å². The minimum atomic E-state index is -0.0298. The number of anilines is 2. The molecule has 1 heterocycles. The summed E-state index contributed by atoms with van der Waals surface area (Å²) in [5.74, 6) is 0.915. The van der Waals surface area contributed by atoms with Gasteiger partial charge in [-0.25, -0.2) is 0 Å². The number of hydrogen-bond donors (Lipinski definition) is 1. The zero-order valence-corrected chi connectivity index (χ0v) is 15.7. The van der Waals surface area contributed by atoms with E-state index in [0.717, 1.165) is 35.3 Å². The summed E-state index contributed by atoms with van der Waals surface area (Å²) in [5.41, 5.74) is 5.29. The second-order valence-electron chi connectivity index (χ2n) is 7.67. The van der Waals surface area contributed by atoms with E-state index in [9.17, 15) is 4.79 Å². The van der Waals surface area contributed by atoms with E-state index >= 15 is 0 Å². The van der Waals surface area contributed by atoms with Crippen LogP contribution in [0.4, 0.5) is 11.4 Å². The average molecular weight is 346 g/mol. The fourth-order valence-corrected chi connectivity index (χ4v) is 4.43. The molecular weight excluding hydrogens is 320 g/mol. The molecule has 2 aliphatic rings. The van der Waals surface area contributed by atoms with Gasteiger partial charge < -0.3 is 5.32 Å². The van der Waals surface area contributed by atoms with Gasteiger partial charge in [0.2, 0.25) is 0 Å². The van der Waals surface area contributed by atoms with Crippen molar-refractivity contribution in [1.29, 1.82) is 0 Å². The van der Waals surface area contributed by atoms with Crippen molar-refractivity contribution in [3.63, 3.8) is 0 Å². The quantitative estimate of drug-likeness (QED) is 0.740. The summed E-state index contributed by atoms with van der Waals surface area (Å²) in [6.45, 7) is 6.56. The van der Waals surface area contributed by atoms with Gasteiger partial charge in [0.25, 0.3) is 5.91 Å². The van der Waals surface area contributed by atoms with E-state index in [1.807, 2.05) is 41.3 Å². The highest BCUT2D eigenvalue weighted by Crippen LogP contribution is 2.39. The molecule has 1 aliphatic heterocycles. The zero-order valence-electron chi connectivity index (χ0n) is 15.7. The number of rotatable bonds is 2. The Bertz CT molecular complexity index is 870. The molecule has 0 saturated carbocycles. The molecule has 2 aromatic carbocycles. The lowest BCUT2D eigenvalue weighted by Gasteiger charge is -2.45. The summed E-state index contributed by atoms with van der Waals surface area (Å²) in [6, 6.07) is 16.0. The number of hydrogen-bond acceptors (Lipinski definition) is 2. The number of fused-ring (bicyclic) bond motifs is 1. The molecule has 1 aliphatic carbocycles. The third-order valence-corrected chi connectivity index (χ3v) is 5.83. The number of allylic oxidation sites excluding steroid dienone is 2. The largest absolute Gasteiger partial charge is 0.364 e. The highest BCUT2D eigenvalue weighted by atomic mass is 16.2. The third kappa shape index (κ3) is 2.82. The van der Waals surface area contributed by atoms with E-state index < -0.39 is 0 Å². The van der Waals surface area contributed by atoms with E-state index in [0.29, 0.717) is 11.8 Å². The van der Waals surface area contributed by atoms with Crippen LogP contribution < -0.4 is 10.2 Å². The molecule has 134 valence electrons. The fourth-order valence-electron chi connectivity index (χ4n) is 4.43. The second-order valence-corrected chi connectivity index (χ2v) is 7.67. The fraction of sp³-hybridized carbons (Fsp3) is 0.348. The van der Waals surface area contributed by atoms with E-state index in [1.54, 1.807) is 0 Å². The van der Waals surface area contributed by atoms with Gasteiger partial charge >= 0.3 is 0 Å². The number of nitrogens with zero attached hydrogens (tertiary/aromatic N) is 1. The van der Waals surface area contributed by atoms with Gasteiger partial charge in [0.1, 0.15) is 6.17 Å². The van der Waals surface area contributed by atoms with Crippen molar-refractivity contribution in [1.82, 2.24) is 0 Å². The van der Waals surface area contributed by atoms with E-state index in [-0.39, 0.29) is 12.1 Å². The number of amides is 1. The van der Waals surface area contributed by atoms with Gasteiger partial charge in [0.15, 0.2) is 0 Å². The van der Waals surface area contributed by atoms with Crippen LogP contribution >= 0.6 is 0 Å². The molecule has 0 fully saturated rings. The van der Waals surface area contributed by atoms with Gasteiger partial charge in [0.05, 0.1) is 5.56 Å². The maximum absolute atomic E-state index is 13.5. The minimum absolute atomic E-state index is 0.0298. The molecule has 0 unspecified atom stereocenters. The molecule has 0 aromatic heterocycles. The summed E-state index contributed by atoms with van der Waals surface area (Å²) < 4.78 is 0. The van der Waals surface area contributed by atoms with Crippen LogP contribution in [-0.4, -0.2) is 12.1 Å². The Morgan fingerprint density at radius 1 is 1.04 bits per heavy atom. The maximum Gasteiger partial charge on any atom is 0.262 e. The first-order valence-electron chi connectivity index (χ1n) is 9.48. The van der Waals surface area contributed by atoms with Crippen molar-refractivity contribution in [3.05, 3.63) is 71.3 Å². The Balaban J connectivity index is 1.82. The van der Waals surface area contributed by atoms with Crippen LogP contribution in [0.15, 0.2) is 60.2 Å². The molecule has 0 bridgehead atoms. The monoisotopic (exact) mass is 346 g/mol. The average Bonchev–Trinajstić information content (AvgIpc) is 2.63. The molecule has 26 heavy (non-hydrogen) atoms. The standard InChI is InChI=1S/C23H26N2O/c1-15-12-13-18(17(3)14-15)22-24-20-10-6-5-9-19(20)23(26)25(22)21-11-7-4-8-16(21)2/h4-11,14,17-18,22,24H,12-13H2,1-3H3/t17-,18+,22-/m0/s1. The van der Waals surface area contributed by atoms with Crippen LogP contribution in [0, 0.1) is 18.8 Å². The van der Waals surface area contributed by atoms with Crippen LogP contribution in [0.5, 0.6) is 0 Å². The lowest BCUT2D eigenvalue weighted by molar-refractivity contribution is 0.0959. The number of carbonyl (C=O) groups is 1. The van der Waals surface area contributed by atoms with Crippen LogP contribution in [0.3, 0.4) is 0 Å². The molecule has 3 heteroatoms. The first kappa shape index (κ1) is 16.9. The van der Waals surface area contributed by atoms with Gasteiger partial charge in [-0.3, -0.25) is 9.69 Å². The van der Waals surface area contributed by atoms with Crippen molar-refractivity contribution < 1.29 is 4.79 Å². The van der Waals surface area contributed by atoms with Crippen LogP contribution in [0.25, 0.3) is 0 Å². The first-order chi connectivity index (χ1) is 12.6. The van der Waals surface area contributed by atoms with Gasteiger partial charge in [-0.1, -0.05) is 48.9 Å². The minimum Gasteiger partial charge on any atom is -0.364 e. The zero-order chi connectivity index (χ0) is 18.3. The maximum atomic E-state index is 13.5. The second kappa shape index (κ2) is 6.64. The Morgan fingerprint density at radius 2 is 1.77 bits per heavy atom.